The van der Waals surface area contributed by atoms with Crippen molar-refractivity contribution in [2.24, 2.45) is 0 Å². The predicted octanol–water partition coefficient (Wildman–Crippen LogP) is 4.21. The second-order valence-electron chi connectivity index (χ2n) is 5.30. The number of benzene rings is 1. The summed E-state index contributed by atoms with van der Waals surface area (Å²) in [6.07, 6.45) is 5.88. The van der Waals surface area contributed by atoms with Crippen LogP contribution in [0.4, 0.5) is 5.13 Å². The number of amides is 1. The summed E-state index contributed by atoms with van der Waals surface area (Å²) in [5, 5.41) is 2.69. The SMILES string of the molecule is CN(C(=O)C1(Sc2ccccc2)CCCC1)c1nccs1. The smallest absolute Gasteiger partial charge is 0.245 e. The third kappa shape index (κ3) is 2.99. The van der Waals surface area contributed by atoms with Crippen molar-refractivity contribution in [2.45, 2.75) is 35.3 Å². The highest BCUT2D eigenvalue weighted by molar-refractivity contribution is 8.01. The Bertz CT molecular complexity index is 592. The average molecular weight is 318 g/mol. The van der Waals surface area contributed by atoms with Crippen LogP contribution >= 0.6 is 23.1 Å². The number of thiazole rings is 1. The lowest BCUT2D eigenvalue weighted by Crippen LogP contribution is -2.43. The van der Waals surface area contributed by atoms with Gasteiger partial charge in [0, 0.05) is 23.5 Å². The highest BCUT2D eigenvalue weighted by Gasteiger charge is 2.44. The minimum Gasteiger partial charge on any atom is -0.290 e. The summed E-state index contributed by atoms with van der Waals surface area (Å²) in [4.78, 5) is 20.2. The van der Waals surface area contributed by atoms with Crippen LogP contribution in [0.1, 0.15) is 25.7 Å². The molecule has 1 heterocycles. The molecule has 0 atom stereocenters. The first-order chi connectivity index (χ1) is 10.2. The molecule has 1 aliphatic rings. The van der Waals surface area contributed by atoms with Gasteiger partial charge in [0.25, 0.3) is 0 Å². The maximum atomic E-state index is 13.0. The number of hydrogen-bond acceptors (Lipinski definition) is 4. The van der Waals surface area contributed by atoms with E-state index < -0.39 is 0 Å². The minimum atomic E-state index is -0.332. The van der Waals surface area contributed by atoms with Crippen LogP contribution in [-0.4, -0.2) is 22.7 Å². The van der Waals surface area contributed by atoms with Crippen LogP contribution in [0.5, 0.6) is 0 Å². The van der Waals surface area contributed by atoms with Crippen molar-refractivity contribution in [2.75, 3.05) is 11.9 Å². The van der Waals surface area contributed by atoms with Gasteiger partial charge >= 0.3 is 0 Å². The molecule has 2 aromatic rings. The summed E-state index contributed by atoms with van der Waals surface area (Å²) in [7, 11) is 1.84. The Labute approximate surface area is 133 Å². The molecule has 0 radical (unpaired) electrons. The quantitative estimate of drug-likeness (QED) is 0.846. The number of thioether (sulfide) groups is 1. The lowest BCUT2D eigenvalue weighted by molar-refractivity contribution is -0.120. The molecule has 21 heavy (non-hydrogen) atoms. The van der Waals surface area contributed by atoms with Crippen LogP contribution in [0, 0.1) is 0 Å². The molecule has 3 nitrogen and oxygen atoms in total. The maximum Gasteiger partial charge on any atom is 0.245 e. The number of rotatable bonds is 4. The number of aromatic nitrogens is 1. The van der Waals surface area contributed by atoms with Gasteiger partial charge in [-0.2, -0.15) is 0 Å². The highest BCUT2D eigenvalue weighted by Crippen LogP contribution is 2.46. The van der Waals surface area contributed by atoms with Crippen molar-refractivity contribution in [3.05, 3.63) is 41.9 Å². The molecular formula is C16H18N2OS2. The molecule has 0 unspecified atom stereocenters. The first-order valence-corrected chi connectivity index (χ1v) is 8.83. The van der Waals surface area contributed by atoms with E-state index in [0.717, 1.165) is 30.8 Å². The molecule has 1 aromatic heterocycles. The minimum absolute atomic E-state index is 0.184. The third-order valence-electron chi connectivity index (χ3n) is 3.87. The number of carbonyl (C=O) groups excluding carboxylic acids is 1. The van der Waals surface area contributed by atoms with Crippen LogP contribution in [0.3, 0.4) is 0 Å². The fourth-order valence-electron chi connectivity index (χ4n) is 2.79. The molecule has 5 heteroatoms. The van der Waals surface area contributed by atoms with E-state index in [-0.39, 0.29) is 10.7 Å². The molecule has 1 aliphatic carbocycles. The Hall–Kier alpha value is -1.33. The van der Waals surface area contributed by atoms with Crippen LogP contribution in [-0.2, 0) is 4.79 Å². The zero-order valence-electron chi connectivity index (χ0n) is 12.0. The molecule has 0 N–H and O–H groups in total. The number of anilines is 1. The van der Waals surface area contributed by atoms with Crippen molar-refractivity contribution in [3.63, 3.8) is 0 Å². The van der Waals surface area contributed by atoms with E-state index in [1.807, 2.05) is 30.6 Å². The zero-order chi connectivity index (χ0) is 14.7. The van der Waals surface area contributed by atoms with Crippen LogP contribution in [0.25, 0.3) is 0 Å². The van der Waals surface area contributed by atoms with Gasteiger partial charge in [-0.3, -0.25) is 9.69 Å². The molecule has 110 valence electrons. The Kier molecular flexibility index (Phi) is 4.31. The molecule has 0 aliphatic heterocycles. The van der Waals surface area contributed by atoms with E-state index >= 15 is 0 Å². The number of carbonyl (C=O) groups is 1. The summed E-state index contributed by atoms with van der Waals surface area (Å²) < 4.78 is -0.332. The van der Waals surface area contributed by atoms with E-state index in [1.165, 1.54) is 16.2 Å². The van der Waals surface area contributed by atoms with Crippen LogP contribution in [0.2, 0.25) is 0 Å². The van der Waals surface area contributed by atoms with Crippen molar-refractivity contribution in [1.29, 1.82) is 0 Å². The van der Waals surface area contributed by atoms with E-state index in [2.05, 4.69) is 17.1 Å². The van der Waals surface area contributed by atoms with Gasteiger partial charge in [-0.25, -0.2) is 4.98 Å². The zero-order valence-corrected chi connectivity index (χ0v) is 13.6. The summed E-state index contributed by atoms with van der Waals surface area (Å²) in [5.74, 6) is 0.184. The molecule has 0 saturated heterocycles. The van der Waals surface area contributed by atoms with E-state index in [1.54, 1.807) is 22.9 Å². The van der Waals surface area contributed by atoms with Crippen LogP contribution in [0.15, 0.2) is 46.8 Å². The number of nitrogens with zero attached hydrogens (tertiary/aromatic N) is 2. The van der Waals surface area contributed by atoms with Crippen molar-refractivity contribution in [1.82, 2.24) is 4.98 Å². The Balaban J connectivity index is 1.85. The van der Waals surface area contributed by atoms with Gasteiger partial charge in [0.1, 0.15) is 0 Å². The van der Waals surface area contributed by atoms with Gasteiger partial charge in [-0.15, -0.1) is 23.1 Å². The summed E-state index contributed by atoms with van der Waals surface area (Å²) in [5.41, 5.74) is 0. The van der Waals surface area contributed by atoms with Gasteiger partial charge < -0.3 is 0 Å². The standard InChI is InChI=1S/C16H18N2OS2/c1-18(15-17-11-12-20-15)14(19)16(9-5-6-10-16)21-13-7-3-2-4-8-13/h2-4,7-8,11-12H,5-6,9-10H2,1H3. The fraction of sp³-hybridized carbons (Fsp3) is 0.375. The number of hydrogen-bond donors (Lipinski definition) is 0. The normalized spacial score (nSPS) is 16.8. The van der Waals surface area contributed by atoms with Gasteiger partial charge in [-0.1, -0.05) is 31.0 Å². The molecule has 1 aromatic carbocycles. The molecule has 3 rings (SSSR count). The molecule has 1 saturated carbocycles. The summed E-state index contributed by atoms with van der Waals surface area (Å²) in [6, 6.07) is 10.2. The first-order valence-electron chi connectivity index (χ1n) is 7.13. The molecule has 1 amide bonds. The van der Waals surface area contributed by atoms with Crippen molar-refractivity contribution in [3.8, 4) is 0 Å². The van der Waals surface area contributed by atoms with E-state index in [0.29, 0.717) is 0 Å². The van der Waals surface area contributed by atoms with Gasteiger partial charge in [0.2, 0.25) is 5.91 Å². The van der Waals surface area contributed by atoms with Gasteiger partial charge in [-0.05, 0) is 25.0 Å². The maximum absolute atomic E-state index is 13.0. The lowest BCUT2D eigenvalue weighted by atomic mass is 10.1. The Morgan fingerprint density at radius 1 is 1.29 bits per heavy atom. The van der Waals surface area contributed by atoms with Crippen LogP contribution < -0.4 is 4.90 Å². The molecule has 0 bridgehead atoms. The van der Waals surface area contributed by atoms with Gasteiger partial charge in [0.05, 0.1) is 4.75 Å². The predicted molar refractivity (Wildman–Crippen MR) is 89.0 cm³/mol. The third-order valence-corrected chi connectivity index (χ3v) is 6.20. The van der Waals surface area contributed by atoms with Gasteiger partial charge in [0.15, 0.2) is 5.13 Å². The monoisotopic (exact) mass is 318 g/mol. The second-order valence-corrected chi connectivity index (χ2v) is 7.63. The molecule has 0 spiro atoms. The molecular weight excluding hydrogens is 300 g/mol. The highest BCUT2D eigenvalue weighted by atomic mass is 32.2. The second kappa shape index (κ2) is 6.20. The average Bonchev–Trinajstić information content (AvgIpc) is 3.19. The molecule has 1 fully saturated rings. The summed E-state index contributed by atoms with van der Waals surface area (Å²) in [6.45, 7) is 0. The topological polar surface area (TPSA) is 33.2 Å². The lowest BCUT2D eigenvalue weighted by Gasteiger charge is -2.30. The fourth-order valence-corrected chi connectivity index (χ4v) is 4.86. The van der Waals surface area contributed by atoms with E-state index in [9.17, 15) is 4.79 Å². The van der Waals surface area contributed by atoms with Crippen molar-refractivity contribution < 1.29 is 4.79 Å². The van der Waals surface area contributed by atoms with Crippen molar-refractivity contribution >= 4 is 34.1 Å². The van der Waals surface area contributed by atoms with E-state index in [4.69, 9.17) is 0 Å². The first kappa shape index (κ1) is 14.6. The largest absolute Gasteiger partial charge is 0.290 e. The Morgan fingerprint density at radius 2 is 2.00 bits per heavy atom. The Morgan fingerprint density at radius 3 is 2.62 bits per heavy atom. The summed E-state index contributed by atoms with van der Waals surface area (Å²) >= 11 is 3.23.